The van der Waals surface area contributed by atoms with E-state index in [2.05, 4.69) is 10.3 Å². The summed E-state index contributed by atoms with van der Waals surface area (Å²) in [6, 6.07) is 12.1. The van der Waals surface area contributed by atoms with Gasteiger partial charge in [-0.1, -0.05) is 35.9 Å². The third kappa shape index (κ3) is 4.15. The molecule has 1 amide bonds. The quantitative estimate of drug-likeness (QED) is 0.856. The SMILES string of the molecule is COC(=O)[C@@H](Cc1ccc(C)cc1)NC(=O)c1ccccn1. The lowest BCUT2D eigenvalue weighted by Crippen LogP contribution is -2.43. The molecule has 1 N–H and O–H groups in total. The zero-order chi connectivity index (χ0) is 15.9. The van der Waals surface area contributed by atoms with E-state index in [1.807, 2.05) is 31.2 Å². The zero-order valence-electron chi connectivity index (χ0n) is 12.6. The van der Waals surface area contributed by atoms with E-state index in [4.69, 9.17) is 4.74 Å². The predicted octanol–water partition coefficient (Wildman–Crippen LogP) is 1.90. The Morgan fingerprint density at radius 2 is 1.91 bits per heavy atom. The molecule has 1 atom stereocenters. The Labute approximate surface area is 129 Å². The molecule has 0 bridgehead atoms. The first-order valence-corrected chi connectivity index (χ1v) is 6.95. The molecular formula is C17H18N2O3. The van der Waals surface area contributed by atoms with Crippen molar-refractivity contribution in [3.8, 4) is 0 Å². The van der Waals surface area contributed by atoms with Gasteiger partial charge in [-0.3, -0.25) is 9.78 Å². The molecule has 114 valence electrons. The molecule has 0 radical (unpaired) electrons. The maximum atomic E-state index is 12.1. The van der Waals surface area contributed by atoms with Crippen LogP contribution in [0.4, 0.5) is 0 Å². The summed E-state index contributed by atoms with van der Waals surface area (Å²) < 4.78 is 4.77. The summed E-state index contributed by atoms with van der Waals surface area (Å²) in [6.45, 7) is 1.99. The molecule has 5 heteroatoms. The van der Waals surface area contributed by atoms with E-state index in [1.165, 1.54) is 13.3 Å². The molecule has 2 aromatic rings. The maximum absolute atomic E-state index is 12.1. The number of carbonyl (C=O) groups excluding carboxylic acids is 2. The van der Waals surface area contributed by atoms with Crippen molar-refractivity contribution in [2.24, 2.45) is 0 Å². The minimum atomic E-state index is -0.748. The highest BCUT2D eigenvalue weighted by atomic mass is 16.5. The fraction of sp³-hybridized carbons (Fsp3) is 0.235. The Hall–Kier alpha value is -2.69. The van der Waals surface area contributed by atoms with Gasteiger partial charge in [0.25, 0.3) is 5.91 Å². The van der Waals surface area contributed by atoms with Gasteiger partial charge >= 0.3 is 5.97 Å². The molecule has 0 saturated carbocycles. The lowest BCUT2D eigenvalue weighted by molar-refractivity contribution is -0.142. The van der Waals surface area contributed by atoms with Gasteiger partial charge in [0.1, 0.15) is 11.7 Å². The van der Waals surface area contributed by atoms with Crippen LogP contribution >= 0.6 is 0 Å². The average Bonchev–Trinajstić information content (AvgIpc) is 2.56. The number of amides is 1. The molecule has 0 unspecified atom stereocenters. The Morgan fingerprint density at radius 3 is 2.50 bits per heavy atom. The van der Waals surface area contributed by atoms with E-state index in [0.717, 1.165) is 11.1 Å². The van der Waals surface area contributed by atoms with E-state index in [0.29, 0.717) is 6.42 Å². The average molecular weight is 298 g/mol. The molecular weight excluding hydrogens is 280 g/mol. The molecule has 1 heterocycles. The summed E-state index contributed by atoms with van der Waals surface area (Å²) in [5.74, 6) is -0.882. The molecule has 0 spiro atoms. The number of nitrogens with zero attached hydrogens (tertiary/aromatic N) is 1. The van der Waals surface area contributed by atoms with Crippen molar-refractivity contribution >= 4 is 11.9 Å². The van der Waals surface area contributed by atoms with Crippen LogP contribution in [0.25, 0.3) is 0 Å². The van der Waals surface area contributed by atoms with E-state index < -0.39 is 17.9 Å². The second-order valence-electron chi connectivity index (χ2n) is 4.95. The van der Waals surface area contributed by atoms with Gasteiger partial charge in [0.15, 0.2) is 0 Å². The number of ether oxygens (including phenoxy) is 1. The van der Waals surface area contributed by atoms with Crippen LogP contribution < -0.4 is 5.32 Å². The Balaban J connectivity index is 2.11. The van der Waals surface area contributed by atoms with Crippen LogP contribution in [0.2, 0.25) is 0 Å². The molecule has 5 nitrogen and oxygen atoms in total. The van der Waals surface area contributed by atoms with Gasteiger partial charge in [-0.25, -0.2) is 4.79 Å². The van der Waals surface area contributed by atoms with Crippen LogP contribution in [0.5, 0.6) is 0 Å². The Bertz CT molecular complexity index is 639. The van der Waals surface area contributed by atoms with Gasteiger partial charge < -0.3 is 10.1 Å². The molecule has 0 aliphatic heterocycles. The molecule has 22 heavy (non-hydrogen) atoms. The molecule has 2 rings (SSSR count). The zero-order valence-corrected chi connectivity index (χ0v) is 12.6. The number of nitrogens with one attached hydrogen (secondary N) is 1. The summed E-state index contributed by atoms with van der Waals surface area (Å²) in [5.41, 5.74) is 2.35. The van der Waals surface area contributed by atoms with Crippen molar-refractivity contribution in [2.75, 3.05) is 7.11 Å². The number of carbonyl (C=O) groups is 2. The number of rotatable bonds is 5. The summed E-state index contributed by atoms with van der Waals surface area (Å²) >= 11 is 0. The van der Waals surface area contributed by atoms with E-state index in [9.17, 15) is 9.59 Å². The first kappa shape index (κ1) is 15.7. The second kappa shape index (κ2) is 7.36. The van der Waals surface area contributed by atoms with Crippen LogP contribution in [0, 0.1) is 6.92 Å². The third-order valence-electron chi connectivity index (χ3n) is 3.25. The predicted molar refractivity (Wildman–Crippen MR) is 82.4 cm³/mol. The van der Waals surface area contributed by atoms with Crippen LogP contribution in [0.15, 0.2) is 48.7 Å². The number of pyridine rings is 1. The van der Waals surface area contributed by atoms with E-state index in [1.54, 1.807) is 18.2 Å². The molecule has 1 aromatic carbocycles. The van der Waals surface area contributed by atoms with Gasteiger partial charge in [0.05, 0.1) is 7.11 Å². The van der Waals surface area contributed by atoms with Crippen molar-refractivity contribution in [3.63, 3.8) is 0 Å². The highest BCUT2D eigenvalue weighted by molar-refractivity contribution is 5.95. The van der Waals surface area contributed by atoms with Gasteiger partial charge in [0.2, 0.25) is 0 Å². The number of aromatic nitrogens is 1. The molecule has 0 aliphatic rings. The number of esters is 1. The van der Waals surface area contributed by atoms with Crippen LogP contribution in [-0.2, 0) is 16.0 Å². The van der Waals surface area contributed by atoms with Crippen molar-refractivity contribution in [2.45, 2.75) is 19.4 Å². The highest BCUT2D eigenvalue weighted by Crippen LogP contribution is 2.08. The smallest absolute Gasteiger partial charge is 0.328 e. The van der Waals surface area contributed by atoms with Gasteiger partial charge in [-0.15, -0.1) is 0 Å². The third-order valence-corrected chi connectivity index (χ3v) is 3.25. The topological polar surface area (TPSA) is 68.3 Å². The standard InChI is InChI=1S/C17H18N2O3/c1-12-6-8-13(9-7-12)11-15(17(21)22-2)19-16(20)14-5-3-4-10-18-14/h3-10,15H,11H2,1-2H3,(H,19,20)/t15-/m1/s1. The minimum Gasteiger partial charge on any atom is -0.467 e. The molecule has 0 fully saturated rings. The first-order valence-electron chi connectivity index (χ1n) is 6.95. The summed E-state index contributed by atoms with van der Waals surface area (Å²) in [5, 5.41) is 2.67. The maximum Gasteiger partial charge on any atom is 0.328 e. The molecule has 0 saturated heterocycles. The van der Waals surface area contributed by atoms with E-state index in [-0.39, 0.29) is 5.69 Å². The van der Waals surface area contributed by atoms with Gasteiger partial charge in [-0.05, 0) is 24.6 Å². The summed E-state index contributed by atoms with van der Waals surface area (Å²) in [4.78, 5) is 28.0. The fourth-order valence-corrected chi connectivity index (χ4v) is 2.02. The first-order chi connectivity index (χ1) is 10.6. The van der Waals surface area contributed by atoms with Crippen molar-refractivity contribution < 1.29 is 14.3 Å². The van der Waals surface area contributed by atoms with Crippen LogP contribution in [0.1, 0.15) is 21.6 Å². The number of hydrogen-bond donors (Lipinski definition) is 1. The van der Waals surface area contributed by atoms with Gasteiger partial charge in [0, 0.05) is 12.6 Å². The Kier molecular flexibility index (Phi) is 5.25. The lowest BCUT2D eigenvalue weighted by Gasteiger charge is -2.16. The number of hydrogen-bond acceptors (Lipinski definition) is 4. The molecule has 0 aliphatic carbocycles. The van der Waals surface area contributed by atoms with E-state index >= 15 is 0 Å². The normalized spacial score (nSPS) is 11.5. The number of methoxy groups -OCH3 is 1. The number of benzene rings is 1. The summed E-state index contributed by atoms with van der Waals surface area (Å²) in [7, 11) is 1.30. The monoisotopic (exact) mass is 298 g/mol. The largest absolute Gasteiger partial charge is 0.467 e. The van der Waals surface area contributed by atoms with Crippen molar-refractivity contribution in [1.29, 1.82) is 0 Å². The number of aryl methyl sites for hydroxylation is 1. The van der Waals surface area contributed by atoms with Crippen molar-refractivity contribution in [3.05, 3.63) is 65.5 Å². The van der Waals surface area contributed by atoms with Gasteiger partial charge in [-0.2, -0.15) is 0 Å². The lowest BCUT2D eigenvalue weighted by atomic mass is 10.0. The minimum absolute atomic E-state index is 0.264. The van der Waals surface area contributed by atoms with Crippen LogP contribution in [-0.4, -0.2) is 30.0 Å². The van der Waals surface area contributed by atoms with Crippen LogP contribution in [0.3, 0.4) is 0 Å². The molecule has 1 aromatic heterocycles. The van der Waals surface area contributed by atoms with Crippen molar-refractivity contribution in [1.82, 2.24) is 10.3 Å². The fourth-order valence-electron chi connectivity index (χ4n) is 2.02. The second-order valence-corrected chi connectivity index (χ2v) is 4.95. The highest BCUT2D eigenvalue weighted by Gasteiger charge is 2.22. The Morgan fingerprint density at radius 1 is 1.18 bits per heavy atom. The summed E-state index contributed by atoms with van der Waals surface area (Å²) in [6.07, 6.45) is 1.90.